The molecule has 0 saturated carbocycles. The second-order valence-corrected chi connectivity index (χ2v) is 6.89. The highest BCUT2D eigenvalue weighted by atomic mass is 19.1. The molecule has 0 aliphatic carbocycles. The number of likely N-dealkylation sites (tertiary alicyclic amines) is 1. The van der Waals surface area contributed by atoms with Gasteiger partial charge < -0.3 is 15.5 Å². The van der Waals surface area contributed by atoms with Gasteiger partial charge in [0, 0.05) is 36.4 Å². The fraction of sp³-hybridized carbons (Fsp3) is 0.688. The Balaban J connectivity index is 1.97. The lowest BCUT2D eigenvalue weighted by atomic mass is 10.1. The molecule has 0 bridgehead atoms. The number of anilines is 1. The van der Waals surface area contributed by atoms with Crippen LogP contribution in [0.25, 0.3) is 0 Å². The smallest absolute Gasteiger partial charge is 0.169 e. The van der Waals surface area contributed by atoms with E-state index < -0.39 is 0 Å². The summed E-state index contributed by atoms with van der Waals surface area (Å²) in [6, 6.07) is 2.21. The van der Waals surface area contributed by atoms with E-state index in [0.717, 1.165) is 19.5 Å². The molecule has 1 unspecified atom stereocenters. The largest absolute Gasteiger partial charge is 0.366 e. The first kappa shape index (κ1) is 16.2. The number of likely N-dealkylation sites (N-methyl/N-ethyl adjacent to an activating group) is 1. The predicted molar refractivity (Wildman–Crippen MR) is 84.9 cm³/mol. The number of rotatable bonds is 5. The molecule has 118 valence electrons. The van der Waals surface area contributed by atoms with Gasteiger partial charge in [-0.3, -0.25) is 0 Å². The van der Waals surface area contributed by atoms with E-state index in [-0.39, 0.29) is 11.4 Å². The standard InChI is InChI=1S/C16H27FN4/c1-16(2,3)20-10-12-7-8-18-15(14(12)17)19-11-13-6-5-9-21(13)4/h7-8,13,20H,5-6,9-11H2,1-4H3,(H,18,19). The van der Waals surface area contributed by atoms with Crippen LogP contribution in [-0.2, 0) is 6.54 Å². The van der Waals surface area contributed by atoms with E-state index in [2.05, 4.69) is 48.3 Å². The van der Waals surface area contributed by atoms with Crippen LogP contribution in [-0.4, -0.2) is 41.6 Å². The maximum absolute atomic E-state index is 14.4. The summed E-state index contributed by atoms with van der Waals surface area (Å²) in [7, 11) is 2.12. The molecule has 1 fully saturated rings. The molecular weight excluding hydrogens is 267 g/mol. The number of hydrogen-bond donors (Lipinski definition) is 2. The van der Waals surface area contributed by atoms with Crippen molar-refractivity contribution in [2.45, 2.75) is 51.7 Å². The van der Waals surface area contributed by atoms with Crippen molar-refractivity contribution in [3.63, 3.8) is 0 Å². The fourth-order valence-corrected chi connectivity index (χ4v) is 2.56. The summed E-state index contributed by atoms with van der Waals surface area (Å²) in [5, 5.41) is 6.47. The first-order valence-corrected chi connectivity index (χ1v) is 7.69. The highest BCUT2D eigenvalue weighted by Gasteiger charge is 2.21. The molecule has 2 N–H and O–H groups in total. The zero-order valence-corrected chi connectivity index (χ0v) is 13.5. The van der Waals surface area contributed by atoms with Gasteiger partial charge >= 0.3 is 0 Å². The summed E-state index contributed by atoms with van der Waals surface area (Å²) in [5.74, 6) is 0.124. The van der Waals surface area contributed by atoms with E-state index in [1.165, 1.54) is 6.42 Å². The fourth-order valence-electron chi connectivity index (χ4n) is 2.56. The summed E-state index contributed by atoms with van der Waals surface area (Å²) < 4.78 is 14.4. The topological polar surface area (TPSA) is 40.2 Å². The number of nitrogens with one attached hydrogen (secondary N) is 2. The van der Waals surface area contributed by atoms with E-state index >= 15 is 0 Å². The predicted octanol–water partition coefficient (Wildman–Crippen LogP) is 2.61. The van der Waals surface area contributed by atoms with E-state index in [0.29, 0.717) is 24.0 Å². The lowest BCUT2D eigenvalue weighted by Crippen LogP contribution is -2.35. The van der Waals surface area contributed by atoms with Crippen molar-refractivity contribution in [3.05, 3.63) is 23.6 Å². The molecule has 1 aromatic heterocycles. The molecule has 1 atom stereocenters. The minimum absolute atomic E-state index is 0.0319. The lowest BCUT2D eigenvalue weighted by molar-refractivity contribution is 0.322. The summed E-state index contributed by atoms with van der Waals surface area (Å²) in [4.78, 5) is 6.45. The quantitative estimate of drug-likeness (QED) is 0.876. The lowest BCUT2D eigenvalue weighted by Gasteiger charge is -2.22. The summed E-state index contributed by atoms with van der Waals surface area (Å²) in [6.07, 6.45) is 4.05. The van der Waals surface area contributed by atoms with Gasteiger partial charge in [0.05, 0.1) is 0 Å². The van der Waals surface area contributed by atoms with E-state index in [1.807, 2.05) is 0 Å². The molecule has 1 saturated heterocycles. The number of pyridine rings is 1. The molecular formula is C16H27FN4. The van der Waals surface area contributed by atoms with Crippen molar-refractivity contribution < 1.29 is 4.39 Å². The highest BCUT2D eigenvalue weighted by molar-refractivity contribution is 5.40. The van der Waals surface area contributed by atoms with Gasteiger partial charge in [-0.1, -0.05) is 0 Å². The van der Waals surface area contributed by atoms with Crippen molar-refractivity contribution in [2.24, 2.45) is 0 Å². The number of aromatic nitrogens is 1. The third-order valence-electron chi connectivity index (χ3n) is 3.96. The van der Waals surface area contributed by atoms with Gasteiger partial charge in [-0.05, 0) is 53.3 Å². The van der Waals surface area contributed by atoms with Crippen molar-refractivity contribution in [1.82, 2.24) is 15.2 Å². The Kier molecular flexibility index (Phi) is 5.17. The SMILES string of the molecule is CN1CCCC1CNc1nccc(CNC(C)(C)C)c1F. The Morgan fingerprint density at radius 2 is 2.19 bits per heavy atom. The van der Waals surface area contributed by atoms with Crippen LogP contribution in [0, 0.1) is 5.82 Å². The Hall–Kier alpha value is -1.20. The van der Waals surface area contributed by atoms with E-state index in [4.69, 9.17) is 0 Å². The average Bonchev–Trinajstić information content (AvgIpc) is 2.81. The summed E-state index contributed by atoms with van der Waals surface area (Å²) in [5.41, 5.74) is 0.623. The van der Waals surface area contributed by atoms with E-state index in [9.17, 15) is 4.39 Å². The molecule has 1 aliphatic heterocycles. The third-order valence-corrected chi connectivity index (χ3v) is 3.96. The van der Waals surface area contributed by atoms with Crippen molar-refractivity contribution >= 4 is 5.82 Å². The Morgan fingerprint density at radius 3 is 2.81 bits per heavy atom. The van der Waals surface area contributed by atoms with Gasteiger partial charge in [-0.25, -0.2) is 9.37 Å². The van der Waals surface area contributed by atoms with Crippen LogP contribution in [0.3, 0.4) is 0 Å². The molecule has 4 nitrogen and oxygen atoms in total. The van der Waals surface area contributed by atoms with Crippen LogP contribution >= 0.6 is 0 Å². The maximum Gasteiger partial charge on any atom is 0.169 e. The molecule has 0 amide bonds. The molecule has 0 aromatic carbocycles. The average molecular weight is 294 g/mol. The second-order valence-electron chi connectivity index (χ2n) is 6.89. The second kappa shape index (κ2) is 6.71. The van der Waals surface area contributed by atoms with Crippen LogP contribution in [0.5, 0.6) is 0 Å². The Morgan fingerprint density at radius 1 is 1.43 bits per heavy atom. The molecule has 1 aromatic rings. The van der Waals surface area contributed by atoms with Crippen LogP contribution < -0.4 is 10.6 Å². The van der Waals surface area contributed by atoms with Crippen molar-refractivity contribution in [2.75, 3.05) is 25.5 Å². The van der Waals surface area contributed by atoms with E-state index in [1.54, 1.807) is 12.3 Å². The minimum atomic E-state index is -0.241. The molecule has 21 heavy (non-hydrogen) atoms. The molecule has 0 radical (unpaired) electrons. The number of hydrogen-bond acceptors (Lipinski definition) is 4. The highest BCUT2D eigenvalue weighted by Crippen LogP contribution is 2.19. The van der Waals surface area contributed by atoms with Crippen molar-refractivity contribution in [1.29, 1.82) is 0 Å². The Labute approximate surface area is 127 Å². The first-order valence-electron chi connectivity index (χ1n) is 7.69. The third kappa shape index (κ3) is 4.64. The maximum atomic E-state index is 14.4. The summed E-state index contributed by atoms with van der Waals surface area (Å²) >= 11 is 0. The number of nitrogens with zero attached hydrogens (tertiary/aromatic N) is 2. The Bertz CT molecular complexity index is 470. The van der Waals surface area contributed by atoms with Gasteiger partial charge in [0.15, 0.2) is 11.6 Å². The van der Waals surface area contributed by atoms with Gasteiger partial charge in [0.2, 0.25) is 0 Å². The molecule has 0 spiro atoms. The monoisotopic (exact) mass is 294 g/mol. The molecule has 2 rings (SSSR count). The van der Waals surface area contributed by atoms with Gasteiger partial charge in [0.1, 0.15) is 0 Å². The van der Waals surface area contributed by atoms with Gasteiger partial charge in [-0.2, -0.15) is 0 Å². The van der Waals surface area contributed by atoms with Crippen LogP contribution in [0.15, 0.2) is 12.3 Å². The van der Waals surface area contributed by atoms with Crippen LogP contribution in [0.1, 0.15) is 39.2 Å². The van der Waals surface area contributed by atoms with Crippen molar-refractivity contribution in [3.8, 4) is 0 Å². The first-order chi connectivity index (χ1) is 9.87. The van der Waals surface area contributed by atoms with Gasteiger partial charge in [0.25, 0.3) is 0 Å². The zero-order chi connectivity index (χ0) is 15.5. The van der Waals surface area contributed by atoms with Gasteiger partial charge in [-0.15, -0.1) is 0 Å². The molecule has 5 heteroatoms. The van der Waals surface area contributed by atoms with Crippen LogP contribution in [0.4, 0.5) is 10.2 Å². The molecule has 1 aliphatic rings. The summed E-state index contributed by atoms with van der Waals surface area (Å²) in [6.45, 7) is 8.59. The number of halogens is 1. The minimum Gasteiger partial charge on any atom is -0.366 e. The zero-order valence-electron chi connectivity index (χ0n) is 13.5. The molecule has 2 heterocycles. The normalized spacial score (nSPS) is 20.0. The van der Waals surface area contributed by atoms with Crippen LogP contribution in [0.2, 0.25) is 0 Å².